The van der Waals surface area contributed by atoms with Gasteiger partial charge in [0.15, 0.2) is 0 Å². The zero-order valence-electron chi connectivity index (χ0n) is 5.02. The third-order valence-electron chi connectivity index (χ3n) is 0.321. The largest absolute Gasteiger partial charge is 1.00 e. The molecule has 0 aromatic rings. The van der Waals surface area contributed by atoms with E-state index in [-0.39, 0.29) is 63.4 Å². The smallest absolute Gasteiger partial charge is 0.549 e. The number of carbonyl (C=O) groups excluding carboxylic acids is 1. The van der Waals surface area contributed by atoms with Gasteiger partial charge < -0.3 is 20.7 Å². The second-order valence-corrected chi connectivity index (χ2v) is 0.902. The van der Waals surface area contributed by atoms with Gasteiger partial charge in [-0.1, -0.05) is 0 Å². The molecule has 0 aliphatic heterocycles. The molecular weight excluding hydrogens is 137 g/mol. The van der Waals surface area contributed by atoms with Crippen molar-refractivity contribution >= 4 is 5.97 Å². The third-order valence-corrected chi connectivity index (χ3v) is 0.321. The SMILES string of the molecule is CNCC(=O)[O-].O.[K+]. The van der Waals surface area contributed by atoms with E-state index in [1.54, 1.807) is 7.05 Å². The maximum absolute atomic E-state index is 9.43. The predicted molar refractivity (Wildman–Crippen MR) is 22.5 cm³/mol. The summed E-state index contributed by atoms with van der Waals surface area (Å²) in [4.78, 5) is 9.43. The van der Waals surface area contributed by atoms with E-state index in [9.17, 15) is 9.90 Å². The Morgan fingerprint density at radius 2 is 2.12 bits per heavy atom. The van der Waals surface area contributed by atoms with Crippen molar-refractivity contribution in [1.82, 2.24) is 5.32 Å². The summed E-state index contributed by atoms with van der Waals surface area (Å²) in [5, 5.41) is 11.8. The zero-order valence-corrected chi connectivity index (χ0v) is 8.15. The zero-order chi connectivity index (χ0) is 4.99. The standard InChI is InChI=1S/C3H7NO2.K.H2O/c1-4-2-3(5)6;;/h4H,2H2,1H3,(H,5,6);;1H2/q;+1;/p-1. The van der Waals surface area contributed by atoms with Gasteiger partial charge in [-0.25, -0.2) is 0 Å². The first-order valence-electron chi connectivity index (χ1n) is 1.62. The van der Waals surface area contributed by atoms with E-state index in [4.69, 9.17) is 0 Å². The molecule has 0 heterocycles. The molecule has 0 aliphatic rings. The minimum absolute atomic E-state index is 0. The molecule has 0 radical (unpaired) electrons. The average molecular weight is 145 g/mol. The third kappa shape index (κ3) is 15.7. The summed E-state index contributed by atoms with van der Waals surface area (Å²) in [5.74, 6) is -1.07. The summed E-state index contributed by atoms with van der Waals surface area (Å²) >= 11 is 0. The van der Waals surface area contributed by atoms with Gasteiger partial charge in [-0.05, 0) is 7.05 Å². The van der Waals surface area contributed by atoms with Crippen LogP contribution in [-0.2, 0) is 4.79 Å². The normalized spacial score (nSPS) is 6.12. The molecule has 0 atom stereocenters. The predicted octanol–water partition coefficient (Wildman–Crippen LogP) is -5.86. The molecule has 0 aliphatic carbocycles. The minimum Gasteiger partial charge on any atom is -0.549 e. The Morgan fingerprint density at radius 3 is 2.12 bits per heavy atom. The van der Waals surface area contributed by atoms with Gasteiger partial charge in [-0.15, -0.1) is 0 Å². The van der Waals surface area contributed by atoms with E-state index in [2.05, 4.69) is 5.32 Å². The van der Waals surface area contributed by atoms with E-state index < -0.39 is 5.97 Å². The van der Waals surface area contributed by atoms with E-state index in [1.165, 1.54) is 0 Å². The van der Waals surface area contributed by atoms with Gasteiger partial charge in [0.1, 0.15) is 0 Å². The van der Waals surface area contributed by atoms with Crippen molar-refractivity contribution in [2.45, 2.75) is 0 Å². The van der Waals surface area contributed by atoms with Crippen molar-refractivity contribution < 1.29 is 66.8 Å². The first kappa shape index (κ1) is 16.0. The van der Waals surface area contributed by atoms with Crippen LogP contribution in [0.1, 0.15) is 0 Å². The molecule has 0 bridgehead atoms. The number of likely N-dealkylation sites (N-methyl/N-ethyl adjacent to an activating group) is 1. The number of carboxylic acid groups (broad SMARTS) is 1. The van der Waals surface area contributed by atoms with Crippen LogP contribution in [0.15, 0.2) is 0 Å². The van der Waals surface area contributed by atoms with Crippen molar-refractivity contribution in [2.75, 3.05) is 13.6 Å². The van der Waals surface area contributed by atoms with Crippen molar-refractivity contribution in [2.24, 2.45) is 0 Å². The van der Waals surface area contributed by atoms with Crippen LogP contribution >= 0.6 is 0 Å². The van der Waals surface area contributed by atoms with Crippen LogP contribution in [-0.4, -0.2) is 25.0 Å². The molecule has 0 saturated heterocycles. The minimum atomic E-state index is -1.07. The number of hydrogen-bond donors (Lipinski definition) is 1. The fourth-order valence-corrected chi connectivity index (χ4v) is 0.144. The van der Waals surface area contributed by atoms with E-state index in [0.717, 1.165) is 0 Å². The molecule has 0 saturated carbocycles. The maximum atomic E-state index is 9.43. The van der Waals surface area contributed by atoms with E-state index in [0.29, 0.717) is 0 Å². The molecule has 4 nitrogen and oxygen atoms in total. The summed E-state index contributed by atoms with van der Waals surface area (Å²) in [6.45, 7) is -0.0694. The summed E-state index contributed by atoms with van der Waals surface area (Å²) in [6.07, 6.45) is 0. The fraction of sp³-hybridized carbons (Fsp3) is 0.667. The van der Waals surface area contributed by atoms with Crippen LogP contribution in [0, 0.1) is 0 Å². The molecule has 0 fully saturated rings. The Kier molecular flexibility index (Phi) is 21.8. The van der Waals surface area contributed by atoms with Crippen LogP contribution < -0.4 is 61.8 Å². The van der Waals surface area contributed by atoms with Crippen LogP contribution in [0.3, 0.4) is 0 Å². The average Bonchev–Trinajstić information content (AvgIpc) is 1.35. The second-order valence-electron chi connectivity index (χ2n) is 0.902. The number of rotatable bonds is 2. The fourth-order valence-electron chi connectivity index (χ4n) is 0.144. The summed E-state index contributed by atoms with van der Waals surface area (Å²) in [5.41, 5.74) is 0. The Hall–Kier alpha value is 1.03. The van der Waals surface area contributed by atoms with Crippen molar-refractivity contribution in [3.63, 3.8) is 0 Å². The van der Waals surface area contributed by atoms with E-state index >= 15 is 0 Å². The Balaban J connectivity index is -0.000000125. The molecule has 0 aromatic carbocycles. The molecule has 3 N–H and O–H groups in total. The second kappa shape index (κ2) is 10.9. The van der Waals surface area contributed by atoms with Crippen molar-refractivity contribution in [1.29, 1.82) is 0 Å². The van der Waals surface area contributed by atoms with Crippen molar-refractivity contribution in [3.05, 3.63) is 0 Å². The van der Waals surface area contributed by atoms with Crippen molar-refractivity contribution in [3.8, 4) is 0 Å². The maximum Gasteiger partial charge on any atom is 1.00 e. The number of hydrogen-bond acceptors (Lipinski definition) is 3. The molecule has 0 unspecified atom stereocenters. The number of carboxylic acids is 1. The van der Waals surface area contributed by atoms with Gasteiger partial charge in [0, 0.05) is 6.54 Å². The first-order valence-corrected chi connectivity index (χ1v) is 1.62. The number of aliphatic carboxylic acids is 1. The monoisotopic (exact) mass is 145 g/mol. The molecule has 8 heavy (non-hydrogen) atoms. The summed E-state index contributed by atoms with van der Waals surface area (Å²) < 4.78 is 0. The van der Waals surface area contributed by atoms with Crippen LogP contribution in [0.25, 0.3) is 0 Å². The quantitative estimate of drug-likeness (QED) is 0.393. The molecular formula is C3H8KNO3. The van der Waals surface area contributed by atoms with Gasteiger partial charge in [-0.3, -0.25) is 0 Å². The summed E-state index contributed by atoms with van der Waals surface area (Å²) in [7, 11) is 1.55. The summed E-state index contributed by atoms with van der Waals surface area (Å²) in [6, 6.07) is 0. The van der Waals surface area contributed by atoms with Gasteiger partial charge in [0.2, 0.25) is 0 Å². The first-order chi connectivity index (χ1) is 2.77. The Bertz CT molecular complexity index is 58.5. The van der Waals surface area contributed by atoms with Gasteiger partial charge in [0.25, 0.3) is 0 Å². The van der Waals surface area contributed by atoms with Gasteiger partial charge in [0.05, 0.1) is 5.97 Å². The molecule has 0 rings (SSSR count). The Labute approximate surface area is 90.4 Å². The molecule has 0 aromatic heterocycles. The molecule has 5 heteroatoms. The molecule has 0 spiro atoms. The Morgan fingerprint density at radius 1 is 1.75 bits per heavy atom. The van der Waals surface area contributed by atoms with Crippen LogP contribution in [0.2, 0.25) is 0 Å². The number of nitrogens with one attached hydrogen (secondary N) is 1. The van der Waals surface area contributed by atoms with E-state index in [1.807, 2.05) is 0 Å². The topological polar surface area (TPSA) is 83.7 Å². The number of carbonyl (C=O) groups is 1. The van der Waals surface area contributed by atoms with Crippen LogP contribution in [0.5, 0.6) is 0 Å². The van der Waals surface area contributed by atoms with Gasteiger partial charge in [-0.2, -0.15) is 0 Å². The molecule has 0 amide bonds. The van der Waals surface area contributed by atoms with Gasteiger partial charge >= 0.3 is 51.4 Å². The van der Waals surface area contributed by atoms with Crippen LogP contribution in [0.4, 0.5) is 0 Å². The molecule has 44 valence electrons.